The summed E-state index contributed by atoms with van der Waals surface area (Å²) in [6.07, 6.45) is 0. The summed E-state index contributed by atoms with van der Waals surface area (Å²) in [6, 6.07) is 80.6. The van der Waals surface area contributed by atoms with Crippen LogP contribution in [-0.4, -0.2) is 4.57 Å². The molecule has 0 unspecified atom stereocenters. The number of anilines is 3. The SMILES string of the molecule is c1ccc(-c2ccccc2-c2ccc3c(c2)C2(c4ccccc4-c4ccccc42)c2ccccc2N3c2cccc3c4ccccc4n(-c4ccccc4)c23)cc1. The highest BCUT2D eigenvalue weighted by atomic mass is 15.2. The largest absolute Gasteiger partial charge is 0.308 e. The van der Waals surface area contributed by atoms with E-state index >= 15 is 0 Å². The quantitative estimate of drug-likeness (QED) is 0.175. The first-order chi connectivity index (χ1) is 28.3. The summed E-state index contributed by atoms with van der Waals surface area (Å²) >= 11 is 0. The number of aromatic nitrogens is 1. The van der Waals surface area contributed by atoms with E-state index in [-0.39, 0.29) is 0 Å². The lowest BCUT2D eigenvalue weighted by Gasteiger charge is -2.45. The van der Waals surface area contributed by atoms with Gasteiger partial charge in [-0.1, -0.05) is 176 Å². The van der Waals surface area contributed by atoms with Gasteiger partial charge in [0.25, 0.3) is 0 Å². The molecule has 0 saturated heterocycles. The number of benzene rings is 9. The third-order valence-corrected chi connectivity index (χ3v) is 12.4. The Balaban J connectivity index is 1.22. The first kappa shape index (κ1) is 31.9. The molecule has 2 heterocycles. The van der Waals surface area contributed by atoms with Gasteiger partial charge in [-0.25, -0.2) is 0 Å². The van der Waals surface area contributed by atoms with Crippen LogP contribution in [-0.2, 0) is 5.41 Å². The zero-order chi connectivity index (χ0) is 37.5. The van der Waals surface area contributed by atoms with E-state index in [1.54, 1.807) is 0 Å². The minimum absolute atomic E-state index is 0.548. The Labute approximate surface area is 332 Å². The Morgan fingerprint density at radius 1 is 0.316 bits per heavy atom. The smallest absolute Gasteiger partial charge is 0.0782 e. The topological polar surface area (TPSA) is 8.17 Å². The van der Waals surface area contributed by atoms with Crippen molar-refractivity contribution in [1.29, 1.82) is 0 Å². The predicted octanol–water partition coefficient (Wildman–Crippen LogP) is 14.3. The Morgan fingerprint density at radius 3 is 1.58 bits per heavy atom. The first-order valence-electron chi connectivity index (χ1n) is 19.8. The molecule has 10 aromatic rings. The van der Waals surface area contributed by atoms with Crippen molar-refractivity contribution in [2.75, 3.05) is 4.90 Å². The first-order valence-corrected chi connectivity index (χ1v) is 19.8. The normalized spacial score (nSPS) is 13.4. The van der Waals surface area contributed by atoms with Crippen LogP contribution in [0, 0.1) is 0 Å². The molecule has 1 aromatic heterocycles. The minimum Gasteiger partial charge on any atom is -0.308 e. The molecule has 0 fully saturated rings. The Morgan fingerprint density at radius 2 is 0.842 bits per heavy atom. The molecule has 2 aliphatic rings. The van der Waals surface area contributed by atoms with Crippen molar-refractivity contribution >= 4 is 38.9 Å². The Kier molecular flexibility index (Phi) is 6.88. The lowest BCUT2D eigenvalue weighted by molar-refractivity contribution is 0.753. The maximum Gasteiger partial charge on any atom is 0.0782 e. The highest BCUT2D eigenvalue weighted by molar-refractivity contribution is 6.15. The zero-order valence-corrected chi connectivity index (χ0v) is 31.2. The van der Waals surface area contributed by atoms with Gasteiger partial charge in [0.15, 0.2) is 0 Å². The van der Waals surface area contributed by atoms with Crippen LogP contribution in [0.2, 0.25) is 0 Å². The number of nitrogens with zero attached hydrogens (tertiary/aromatic N) is 2. The van der Waals surface area contributed by atoms with Crippen LogP contribution in [0.1, 0.15) is 22.3 Å². The summed E-state index contributed by atoms with van der Waals surface area (Å²) in [6.45, 7) is 0. The Hall–Kier alpha value is -7.42. The molecule has 0 atom stereocenters. The van der Waals surface area contributed by atoms with E-state index in [1.165, 1.54) is 88.8 Å². The molecule has 2 nitrogen and oxygen atoms in total. The van der Waals surface area contributed by atoms with Gasteiger partial charge in [0.2, 0.25) is 0 Å². The molecule has 9 aromatic carbocycles. The van der Waals surface area contributed by atoms with Crippen molar-refractivity contribution in [2.45, 2.75) is 5.41 Å². The molecule has 1 aliphatic heterocycles. The third-order valence-electron chi connectivity index (χ3n) is 12.4. The fourth-order valence-electron chi connectivity index (χ4n) is 10.2. The second kappa shape index (κ2) is 12.3. The average Bonchev–Trinajstić information content (AvgIpc) is 3.79. The molecule has 0 N–H and O–H groups in total. The van der Waals surface area contributed by atoms with Crippen LogP contribution in [0.5, 0.6) is 0 Å². The van der Waals surface area contributed by atoms with Gasteiger partial charge in [-0.05, 0) is 98.1 Å². The molecule has 1 spiro atoms. The molecule has 2 heteroatoms. The van der Waals surface area contributed by atoms with Crippen molar-refractivity contribution < 1.29 is 0 Å². The summed E-state index contributed by atoms with van der Waals surface area (Å²) in [5, 5.41) is 2.47. The average molecular weight is 725 g/mol. The fraction of sp³-hybridized carbons (Fsp3) is 0.0182. The van der Waals surface area contributed by atoms with Gasteiger partial charge in [-0.2, -0.15) is 0 Å². The van der Waals surface area contributed by atoms with Gasteiger partial charge >= 0.3 is 0 Å². The fourth-order valence-corrected chi connectivity index (χ4v) is 10.2. The monoisotopic (exact) mass is 724 g/mol. The van der Waals surface area contributed by atoms with E-state index in [0.717, 1.165) is 11.4 Å². The second-order valence-corrected chi connectivity index (χ2v) is 15.2. The highest BCUT2D eigenvalue weighted by Gasteiger charge is 2.52. The van der Waals surface area contributed by atoms with Crippen LogP contribution in [0.15, 0.2) is 218 Å². The van der Waals surface area contributed by atoms with Crippen molar-refractivity contribution in [1.82, 2.24) is 4.57 Å². The number of rotatable bonds is 4. The van der Waals surface area contributed by atoms with Gasteiger partial charge in [0.1, 0.15) is 0 Å². The van der Waals surface area contributed by atoms with E-state index in [4.69, 9.17) is 0 Å². The minimum atomic E-state index is -0.548. The summed E-state index contributed by atoms with van der Waals surface area (Å²) in [4.78, 5) is 2.55. The standard InChI is InChI=1S/C55H36N2/c1-3-18-37(19-4-1)40-22-7-8-23-41(40)38-34-35-52-49(36-38)55(46-28-12-9-24-42(46)43-25-10-13-29-47(43)55)48-30-14-16-32-51(48)57(52)53-33-17-27-45-44-26-11-15-31-50(44)56(54(45)53)39-20-5-2-6-21-39/h1-36H. The van der Waals surface area contributed by atoms with Crippen molar-refractivity contribution in [3.63, 3.8) is 0 Å². The van der Waals surface area contributed by atoms with Gasteiger partial charge in [0.05, 0.1) is 33.5 Å². The lowest BCUT2D eigenvalue weighted by atomic mass is 9.64. The Bertz CT molecular complexity index is 3150. The van der Waals surface area contributed by atoms with Gasteiger partial charge in [-0.15, -0.1) is 0 Å². The second-order valence-electron chi connectivity index (χ2n) is 15.2. The van der Waals surface area contributed by atoms with Crippen LogP contribution >= 0.6 is 0 Å². The maximum absolute atomic E-state index is 2.55. The zero-order valence-electron chi connectivity index (χ0n) is 31.2. The van der Waals surface area contributed by atoms with Crippen LogP contribution in [0.4, 0.5) is 17.1 Å². The molecule has 0 saturated carbocycles. The molecule has 0 bridgehead atoms. The van der Waals surface area contributed by atoms with Crippen LogP contribution < -0.4 is 4.90 Å². The third kappa shape index (κ3) is 4.41. The molecule has 0 radical (unpaired) electrons. The van der Waals surface area contributed by atoms with Gasteiger partial charge < -0.3 is 9.47 Å². The number of fused-ring (bicyclic) bond motifs is 12. The number of hydrogen-bond acceptors (Lipinski definition) is 1. The lowest BCUT2D eigenvalue weighted by Crippen LogP contribution is -2.36. The van der Waals surface area contributed by atoms with Gasteiger partial charge in [-0.3, -0.25) is 0 Å². The molecule has 1 aliphatic carbocycles. The summed E-state index contributed by atoms with van der Waals surface area (Å²) in [5.74, 6) is 0. The van der Waals surface area contributed by atoms with E-state index in [2.05, 4.69) is 228 Å². The maximum atomic E-state index is 2.55. The summed E-state index contributed by atoms with van der Waals surface area (Å²) in [7, 11) is 0. The number of para-hydroxylation sites is 4. The number of hydrogen-bond donors (Lipinski definition) is 0. The van der Waals surface area contributed by atoms with E-state index in [1.807, 2.05) is 0 Å². The highest BCUT2D eigenvalue weighted by Crippen LogP contribution is 2.64. The van der Waals surface area contributed by atoms with Crippen molar-refractivity contribution in [3.8, 4) is 39.1 Å². The van der Waals surface area contributed by atoms with Crippen LogP contribution in [0.3, 0.4) is 0 Å². The molecule has 0 amide bonds. The van der Waals surface area contributed by atoms with Crippen molar-refractivity contribution in [3.05, 3.63) is 241 Å². The van der Waals surface area contributed by atoms with E-state index in [0.29, 0.717) is 0 Å². The van der Waals surface area contributed by atoms with E-state index in [9.17, 15) is 0 Å². The molecule has 266 valence electrons. The predicted molar refractivity (Wildman–Crippen MR) is 237 cm³/mol. The molecular formula is C55H36N2. The van der Waals surface area contributed by atoms with E-state index < -0.39 is 5.41 Å². The van der Waals surface area contributed by atoms with Gasteiger partial charge in [0, 0.05) is 16.5 Å². The molecular weight excluding hydrogens is 689 g/mol. The van der Waals surface area contributed by atoms with Crippen molar-refractivity contribution in [2.24, 2.45) is 0 Å². The van der Waals surface area contributed by atoms with Crippen LogP contribution in [0.25, 0.3) is 60.9 Å². The summed E-state index contributed by atoms with van der Waals surface area (Å²) < 4.78 is 2.46. The molecule has 12 rings (SSSR count). The molecule has 57 heavy (non-hydrogen) atoms. The summed E-state index contributed by atoms with van der Waals surface area (Å²) in [5.41, 5.74) is 19.1.